The molecule has 0 aliphatic rings. The molecule has 0 saturated heterocycles. The molecule has 2 aromatic heterocycles. The summed E-state index contributed by atoms with van der Waals surface area (Å²) in [5.74, 6) is 0. The molecule has 0 fully saturated rings. The van der Waals surface area contributed by atoms with Crippen LogP contribution >= 0.6 is 24.8 Å². The maximum absolute atomic E-state index is 4.80. The van der Waals surface area contributed by atoms with Gasteiger partial charge in [0.15, 0.2) is 0 Å². The molecular formula is C20H20Cl2N4. The largest absolute Gasteiger partial charge is 0.378 e. The minimum Gasteiger partial charge on any atom is -0.378 e. The number of nitrogens with zero attached hydrogens (tertiary/aromatic N) is 4. The summed E-state index contributed by atoms with van der Waals surface area (Å²) < 4.78 is 1.99. The number of halogens is 2. The van der Waals surface area contributed by atoms with E-state index >= 15 is 0 Å². The molecule has 26 heavy (non-hydrogen) atoms. The molecule has 0 unspecified atom stereocenters. The van der Waals surface area contributed by atoms with Gasteiger partial charge in [0, 0.05) is 48.8 Å². The van der Waals surface area contributed by atoms with Gasteiger partial charge in [0.25, 0.3) is 0 Å². The summed E-state index contributed by atoms with van der Waals surface area (Å²) in [6.45, 7) is 0. The molecule has 0 spiro atoms. The molecule has 0 amide bonds. The Morgan fingerprint density at radius 3 is 2.31 bits per heavy atom. The predicted octanol–water partition coefficient (Wildman–Crippen LogP) is 5.00. The molecule has 4 nitrogen and oxygen atoms in total. The zero-order valence-electron chi connectivity index (χ0n) is 14.5. The molecular weight excluding hydrogens is 367 g/mol. The smallest absolute Gasteiger partial charge is 0.0991 e. The maximum atomic E-state index is 4.80. The standard InChI is InChI=1S/C20H18N4.2ClH/c1-23(2)17-6-3-15(4-7-17)19-9-5-16-13-18(8-10-20(16)22-19)24-12-11-21-14-24;;/h3-14H,1-2H3;2*1H. The highest BCUT2D eigenvalue weighted by Gasteiger charge is 2.04. The average Bonchev–Trinajstić information content (AvgIpc) is 3.15. The van der Waals surface area contributed by atoms with Crippen molar-refractivity contribution in [1.82, 2.24) is 14.5 Å². The van der Waals surface area contributed by atoms with Gasteiger partial charge in [-0.2, -0.15) is 0 Å². The first-order chi connectivity index (χ1) is 11.7. The highest BCUT2D eigenvalue weighted by molar-refractivity contribution is 5.86. The van der Waals surface area contributed by atoms with Crippen LogP contribution < -0.4 is 4.90 Å². The first-order valence-corrected chi connectivity index (χ1v) is 7.88. The van der Waals surface area contributed by atoms with Crippen molar-refractivity contribution in [3.05, 3.63) is 73.3 Å². The van der Waals surface area contributed by atoms with Crippen molar-refractivity contribution in [3.8, 4) is 16.9 Å². The van der Waals surface area contributed by atoms with Gasteiger partial charge in [0.05, 0.1) is 17.5 Å². The van der Waals surface area contributed by atoms with Crippen LogP contribution in [0.25, 0.3) is 27.8 Å². The lowest BCUT2D eigenvalue weighted by Gasteiger charge is -2.12. The van der Waals surface area contributed by atoms with Crippen molar-refractivity contribution in [3.63, 3.8) is 0 Å². The number of imidazole rings is 1. The highest BCUT2D eigenvalue weighted by atomic mass is 35.5. The molecule has 0 aliphatic carbocycles. The van der Waals surface area contributed by atoms with Crippen LogP contribution in [-0.2, 0) is 0 Å². The van der Waals surface area contributed by atoms with Gasteiger partial charge in [-0.1, -0.05) is 18.2 Å². The third-order valence-corrected chi connectivity index (χ3v) is 4.15. The van der Waals surface area contributed by atoms with Crippen LogP contribution in [0.5, 0.6) is 0 Å². The Morgan fingerprint density at radius 1 is 0.885 bits per heavy atom. The minimum atomic E-state index is 0. The molecule has 134 valence electrons. The van der Waals surface area contributed by atoms with Crippen molar-refractivity contribution in [1.29, 1.82) is 0 Å². The second-order valence-electron chi connectivity index (χ2n) is 5.98. The topological polar surface area (TPSA) is 34.0 Å². The fourth-order valence-electron chi connectivity index (χ4n) is 2.78. The Balaban J connectivity index is 0.00000121. The Labute approximate surface area is 165 Å². The summed E-state index contributed by atoms with van der Waals surface area (Å²) in [7, 11) is 4.09. The van der Waals surface area contributed by atoms with E-state index in [1.54, 1.807) is 12.5 Å². The molecule has 6 heteroatoms. The minimum absolute atomic E-state index is 0. The van der Waals surface area contributed by atoms with Crippen molar-refractivity contribution in [2.75, 3.05) is 19.0 Å². The van der Waals surface area contributed by atoms with Crippen LogP contribution in [0.2, 0.25) is 0 Å². The molecule has 2 heterocycles. The second-order valence-corrected chi connectivity index (χ2v) is 5.98. The van der Waals surface area contributed by atoms with E-state index in [2.05, 4.69) is 64.5 Å². The number of fused-ring (bicyclic) bond motifs is 1. The summed E-state index contributed by atoms with van der Waals surface area (Å²) in [6.07, 6.45) is 5.52. The third-order valence-electron chi connectivity index (χ3n) is 4.15. The van der Waals surface area contributed by atoms with Crippen molar-refractivity contribution < 1.29 is 0 Å². The number of rotatable bonds is 3. The van der Waals surface area contributed by atoms with Gasteiger partial charge < -0.3 is 9.47 Å². The zero-order chi connectivity index (χ0) is 16.5. The van der Waals surface area contributed by atoms with Gasteiger partial charge in [-0.15, -0.1) is 24.8 Å². The summed E-state index contributed by atoms with van der Waals surface area (Å²) in [6, 6.07) is 18.9. The highest BCUT2D eigenvalue weighted by Crippen LogP contribution is 2.24. The zero-order valence-corrected chi connectivity index (χ0v) is 16.2. The van der Waals surface area contributed by atoms with E-state index in [0.29, 0.717) is 0 Å². The average molecular weight is 387 g/mol. The lowest BCUT2D eigenvalue weighted by atomic mass is 10.1. The van der Waals surface area contributed by atoms with Crippen LogP contribution in [0, 0.1) is 0 Å². The molecule has 4 rings (SSSR count). The van der Waals surface area contributed by atoms with E-state index in [1.807, 2.05) is 24.9 Å². The van der Waals surface area contributed by atoms with Gasteiger partial charge in [-0.05, 0) is 36.4 Å². The number of hydrogen-bond acceptors (Lipinski definition) is 3. The lowest BCUT2D eigenvalue weighted by Crippen LogP contribution is -2.07. The molecule has 0 atom stereocenters. The van der Waals surface area contributed by atoms with E-state index in [-0.39, 0.29) is 24.8 Å². The van der Waals surface area contributed by atoms with Crippen LogP contribution in [0.15, 0.2) is 73.3 Å². The van der Waals surface area contributed by atoms with Gasteiger partial charge >= 0.3 is 0 Å². The molecule has 0 bridgehead atoms. The Bertz CT molecular complexity index is 981. The van der Waals surface area contributed by atoms with Gasteiger partial charge in [-0.3, -0.25) is 0 Å². The lowest BCUT2D eigenvalue weighted by molar-refractivity contribution is 1.06. The number of anilines is 1. The van der Waals surface area contributed by atoms with Crippen LogP contribution in [-0.4, -0.2) is 28.6 Å². The van der Waals surface area contributed by atoms with Gasteiger partial charge in [0.1, 0.15) is 0 Å². The number of benzene rings is 2. The molecule has 4 aromatic rings. The SMILES string of the molecule is CN(C)c1ccc(-c2ccc3cc(-n4ccnc4)ccc3n2)cc1.Cl.Cl. The fraction of sp³-hybridized carbons (Fsp3) is 0.100. The van der Waals surface area contributed by atoms with E-state index < -0.39 is 0 Å². The molecule has 0 aliphatic heterocycles. The van der Waals surface area contributed by atoms with E-state index in [0.717, 1.165) is 27.8 Å². The van der Waals surface area contributed by atoms with Crippen LogP contribution in [0.1, 0.15) is 0 Å². The van der Waals surface area contributed by atoms with Crippen molar-refractivity contribution >= 4 is 41.4 Å². The second kappa shape index (κ2) is 8.21. The summed E-state index contributed by atoms with van der Waals surface area (Å²) in [5.41, 5.74) is 5.38. The summed E-state index contributed by atoms with van der Waals surface area (Å²) in [5, 5.41) is 1.12. The first-order valence-electron chi connectivity index (χ1n) is 7.88. The first kappa shape index (κ1) is 19.8. The van der Waals surface area contributed by atoms with Gasteiger partial charge in [-0.25, -0.2) is 9.97 Å². The van der Waals surface area contributed by atoms with Crippen molar-refractivity contribution in [2.45, 2.75) is 0 Å². The molecule has 0 saturated carbocycles. The Kier molecular flexibility index (Phi) is 6.24. The Morgan fingerprint density at radius 2 is 1.65 bits per heavy atom. The normalized spacial score (nSPS) is 10.1. The van der Waals surface area contributed by atoms with Crippen LogP contribution in [0.4, 0.5) is 5.69 Å². The van der Waals surface area contributed by atoms with Gasteiger partial charge in [0.2, 0.25) is 0 Å². The quantitative estimate of drug-likeness (QED) is 0.496. The molecule has 0 N–H and O–H groups in total. The van der Waals surface area contributed by atoms with Crippen molar-refractivity contribution in [2.24, 2.45) is 0 Å². The van der Waals surface area contributed by atoms with E-state index in [4.69, 9.17) is 4.98 Å². The summed E-state index contributed by atoms with van der Waals surface area (Å²) >= 11 is 0. The van der Waals surface area contributed by atoms with E-state index in [1.165, 1.54) is 5.69 Å². The molecule has 0 radical (unpaired) electrons. The Hall–Kier alpha value is -2.56. The van der Waals surface area contributed by atoms with E-state index in [9.17, 15) is 0 Å². The number of hydrogen-bond donors (Lipinski definition) is 0. The van der Waals surface area contributed by atoms with Crippen LogP contribution in [0.3, 0.4) is 0 Å². The predicted molar refractivity (Wildman–Crippen MR) is 113 cm³/mol. The number of pyridine rings is 1. The maximum Gasteiger partial charge on any atom is 0.0991 e. The third kappa shape index (κ3) is 3.82. The number of aromatic nitrogens is 3. The molecule has 2 aromatic carbocycles. The summed E-state index contributed by atoms with van der Waals surface area (Å²) in [4.78, 5) is 11.0. The monoisotopic (exact) mass is 386 g/mol. The fourth-order valence-corrected chi connectivity index (χ4v) is 2.78.